The Balaban J connectivity index is 1.80. The molecule has 0 unspecified atom stereocenters. The number of benzene rings is 2. The zero-order valence-electron chi connectivity index (χ0n) is 14.6. The molecule has 4 heteroatoms. The number of phenols is 2. The van der Waals surface area contributed by atoms with Crippen LogP contribution in [0.4, 0.5) is 0 Å². The molecule has 0 amide bonds. The fourth-order valence-corrected chi connectivity index (χ4v) is 2.42. The molecule has 0 bridgehead atoms. The minimum absolute atomic E-state index is 0.148. The monoisotopic (exact) mass is 340 g/mol. The van der Waals surface area contributed by atoms with Crippen molar-refractivity contribution in [1.82, 2.24) is 0 Å². The minimum atomic E-state index is 0.148. The first kappa shape index (κ1) is 18.5. The number of ether oxygens (including phenoxy) is 2. The summed E-state index contributed by atoms with van der Waals surface area (Å²) in [5.41, 5.74) is 1.95. The van der Waals surface area contributed by atoms with Gasteiger partial charge in [-0.05, 0) is 49.1 Å². The summed E-state index contributed by atoms with van der Waals surface area (Å²) in [6.07, 6.45) is 11.2. The van der Waals surface area contributed by atoms with Gasteiger partial charge in [-0.3, -0.25) is 0 Å². The molecule has 0 spiro atoms. The fourth-order valence-electron chi connectivity index (χ4n) is 2.42. The highest BCUT2D eigenvalue weighted by Gasteiger charge is 2.01. The van der Waals surface area contributed by atoms with Gasteiger partial charge in [-0.2, -0.15) is 0 Å². The second kappa shape index (κ2) is 9.42. The Morgan fingerprint density at radius 1 is 0.840 bits per heavy atom. The lowest BCUT2D eigenvalue weighted by molar-refractivity contribution is 0.373. The highest BCUT2D eigenvalue weighted by atomic mass is 16.5. The van der Waals surface area contributed by atoms with E-state index in [0.29, 0.717) is 11.5 Å². The van der Waals surface area contributed by atoms with Gasteiger partial charge in [0.15, 0.2) is 11.5 Å². The van der Waals surface area contributed by atoms with E-state index in [1.807, 2.05) is 30.4 Å². The van der Waals surface area contributed by atoms with E-state index in [1.54, 1.807) is 25.3 Å². The smallest absolute Gasteiger partial charge is 0.161 e. The number of phenolic OH excluding ortho intramolecular Hbond substituents is 2. The molecule has 2 aromatic carbocycles. The number of rotatable bonds is 8. The maximum atomic E-state index is 9.57. The molecule has 0 saturated carbocycles. The van der Waals surface area contributed by atoms with E-state index >= 15 is 0 Å². The average molecular weight is 340 g/mol. The summed E-state index contributed by atoms with van der Waals surface area (Å²) in [6, 6.07) is 10.4. The van der Waals surface area contributed by atoms with Gasteiger partial charge in [0, 0.05) is 11.6 Å². The van der Waals surface area contributed by atoms with Crippen LogP contribution >= 0.6 is 0 Å². The van der Waals surface area contributed by atoms with Crippen molar-refractivity contribution in [2.24, 2.45) is 0 Å². The molecule has 0 radical (unpaired) electrons. The quantitative estimate of drug-likeness (QED) is 0.663. The molecule has 2 N–H and O–H groups in total. The van der Waals surface area contributed by atoms with Crippen LogP contribution in [0.15, 0.2) is 48.6 Å². The van der Waals surface area contributed by atoms with E-state index in [9.17, 15) is 10.2 Å². The van der Waals surface area contributed by atoms with Gasteiger partial charge in [-0.25, -0.2) is 0 Å². The first-order valence-corrected chi connectivity index (χ1v) is 8.21. The summed E-state index contributed by atoms with van der Waals surface area (Å²) in [7, 11) is 3.13. The molecule has 0 atom stereocenters. The molecular formula is C21H24O4. The van der Waals surface area contributed by atoms with E-state index in [1.165, 1.54) is 7.11 Å². The summed E-state index contributed by atoms with van der Waals surface area (Å²) < 4.78 is 10.3. The summed E-state index contributed by atoms with van der Waals surface area (Å²) in [4.78, 5) is 0. The largest absolute Gasteiger partial charge is 0.508 e. The molecular weight excluding hydrogens is 316 g/mol. The predicted molar refractivity (Wildman–Crippen MR) is 101 cm³/mol. The van der Waals surface area contributed by atoms with Gasteiger partial charge in [-0.15, -0.1) is 0 Å². The zero-order valence-corrected chi connectivity index (χ0v) is 14.6. The Morgan fingerprint density at radius 3 is 2.28 bits per heavy atom. The van der Waals surface area contributed by atoms with E-state index in [-0.39, 0.29) is 11.5 Å². The molecule has 2 rings (SSSR count). The molecule has 0 aromatic heterocycles. The minimum Gasteiger partial charge on any atom is -0.508 e. The highest BCUT2D eigenvalue weighted by Crippen LogP contribution is 2.27. The molecule has 0 aliphatic rings. The van der Waals surface area contributed by atoms with E-state index in [4.69, 9.17) is 9.47 Å². The van der Waals surface area contributed by atoms with E-state index in [0.717, 1.165) is 30.4 Å². The van der Waals surface area contributed by atoms with E-state index < -0.39 is 0 Å². The lowest BCUT2D eigenvalue weighted by atomic mass is 10.1. The Labute approximate surface area is 148 Å². The molecule has 4 nitrogen and oxygen atoms in total. The third kappa shape index (κ3) is 5.60. The maximum absolute atomic E-state index is 9.57. The van der Waals surface area contributed by atoms with Crippen LogP contribution in [0.1, 0.15) is 30.4 Å². The van der Waals surface area contributed by atoms with Gasteiger partial charge in [0.1, 0.15) is 11.5 Å². The van der Waals surface area contributed by atoms with Gasteiger partial charge in [0.25, 0.3) is 0 Å². The topological polar surface area (TPSA) is 58.9 Å². The van der Waals surface area contributed by atoms with Crippen molar-refractivity contribution < 1.29 is 19.7 Å². The molecule has 0 heterocycles. The van der Waals surface area contributed by atoms with Crippen molar-refractivity contribution in [3.63, 3.8) is 0 Å². The Hall–Kier alpha value is -2.88. The first-order valence-electron chi connectivity index (χ1n) is 8.21. The van der Waals surface area contributed by atoms with Crippen LogP contribution in [0.5, 0.6) is 23.0 Å². The van der Waals surface area contributed by atoms with Gasteiger partial charge in [-0.1, -0.05) is 30.4 Å². The second-order valence-corrected chi connectivity index (χ2v) is 5.59. The summed E-state index contributed by atoms with van der Waals surface area (Å²) in [5, 5.41) is 19.0. The van der Waals surface area contributed by atoms with Crippen LogP contribution in [0.25, 0.3) is 12.2 Å². The number of hydrogen-bond acceptors (Lipinski definition) is 4. The third-order valence-electron chi connectivity index (χ3n) is 3.77. The molecule has 0 aliphatic carbocycles. The fraction of sp³-hybridized carbons (Fsp3) is 0.238. The summed E-state index contributed by atoms with van der Waals surface area (Å²) >= 11 is 0. The number of unbranched alkanes of at least 4 members (excludes halogenated alkanes) is 2. The first-order chi connectivity index (χ1) is 12.1. The van der Waals surface area contributed by atoms with E-state index in [2.05, 4.69) is 12.2 Å². The van der Waals surface area contributed by atoms with Crippen molar-refractivity contribution in [2.75, 3.05) is 14.2 Å². The maximum Gasteiger partial charge on any atom is 0.161 e. The van der Waals surface area contributed by atoms with Crippen LogP contribution in [0.3, 0.4) is 0 Å². The zero-order chi connectivity index (χ0) is 18.1. The Bertz CT molecular complexity index is 748. The summed E-state index contributed by atoms with van der Waals surface area (Å²) in [6.45, 7) is 0. The standard InChI is InChI=1S/C21H24O4/c1-24-20-15-18(22)12-11-17(20)9-7-5-3-4-6-8-16-10-13-19(23)21(14-16)25-2/h6-15,22-23H,3-5H2,1-2H3/b8-6+,9-7+. The van der Waals surface area contributed by atoms with Crippen LogP contribution in [-0.4, -0.2) is 24.4 Å². The molecule has 132 valence electrons. The van der Waals surface area contributed by atoms with Gasteiger partial charge >= 0.3 is 0 Å². The lowest BCUT2D eigenvalue weighted by Gasteiger charge is -2.04. The van der Waals surface area contributed by atoms with Crippen molar-refractivity contribution in [1.29, 1.82) is 0 Å². The normalized spacial score (nSPS) is 11.3. The van der Waals surface area contributed by atoms with Gasteiger partial charge in [0.2, 0.25) is 0 Å². The molecule has 0 aliphatic heterocycles. The highest BCUT2D eigenvalue weighted by molar-refractivity contribution is 5.59. The third-order valence-corrected chi connectivity index (χ3v) is 3.77. The van der Waals surface area contributed by atoms with Crippen LogP contribution in [-0.2, 0) is 0 Å². The van der Waals surface area contributed by atoms with Crippen molar-refractivity contribution in [3.8, 4) is 23.0 Å². The molecule has 25 heavy (non-hydrogen) atoms. The Morgan fingerprint density at radius 2 is 1.56 bits per heavy atom. The Kier molecular flexibility index (Phi) is 6.96. The average Bonchev–Trinajstić information content (AvgIpc) is 2.63. The second-order valence-electron chi connectivity index (χ2n) is 5.59. The van der Waals surface area contributed by atoms with Gasteiger partial charge < -0.3 is 19.7 Å². The molecule has 2 aromatic rings. The van der Waals surface area contributed by atoms with Crippen LogP contribution in [0, 0.1) is 0 Å². The SMILES string of the molecule is COc1cc(/C=C/CCC/C=C/c2ccc(O)cc2OC)ccc1O. The molecule has 0 fully saturated rings. The van der Waals surface area contributed by atoms with Crippen LogP contribution < -0.4 is 9.47 Å². The van der Waals surface area contributed by atoms with Crippen molar-refractivity contribution in [3.05, 3.63) is 59.7 Å². The number of hydrogen-bond donors (Lipinski definition) is 2. The van der Waals surface area contributed by atoms with Crippen molar-refractivity contribution in [2.45, 2.75) is 19.3 Å². The van der Waals surface area contributed by atoms with Gasteiger partial charge in [0.05, 0.1) is 14.2 Å². The number of aromatic hydroxyl groups is 2. The summed E-state index contributed by atoms with van der Waals surface area (Å²) in [5.74, 6) is 1.49. The number of allylic oxidation sites excluding steroid dienone is 2. The number of methoxy groups -OCH3 is 2. The van der Waals surface area contributed by atoms with Crippen molar-refractivity contribution >= 4 is 12.2 Å². The lowest BCUT2D eigenvalue weighted by Crippen LogP contribution is -1.86. The predicted octanol–water partition coefficient (Wildman–Crippen LogP) is 5.01. The molecule has 0 saturated heterocycles. The van der Waals surface area contributed by atoms with Crippen LogP contribution in [0.2, 0.25) is 0 Å².